The molecule has 0 bridgehead atoms. The zero-order chi connectivity index (χ0) is 15.0. The van der Waals surface area contributed by atoms with Crippen LogP contribution >= 0.6 is 15.9 Å². The Labute approximate surface area is 133 Å². The fourth-order valence-electron chi connectivity index (χ4n) is 3.34. The molecule has 1 saturated heterocycles. The lowest BCUT2D eigenvalue weighted by Crippen LogP contribution is -2.39. The first-order valence-corrected chi connectivity index (χ1v) is 8.39. The molecule has 1 aromatic rings. The smallest absolute Gasteiger partial charge is 0.223 e. The molecule has 0 aromatic heterocycles. The molecule has 2 N–H and O–H groups in total. The van der Waals surface area contributed by atoms with Crippen LogP contribution in [0.4, 0.5) is 5.69 Å². The molecule has 0 aliphatic carbocycles. The molecule has 2 unspecified atom stereocenters. The Bertz CT molecular complexity index is 555. The Hall–Kier alpha value is -0.910. The molecule has 0 saturated carbocycles. The van der Waals surface area contributed by atoms with Gasteiger partial charge in [0.25, 0.3) is 0 Å². The highest BCUT2D eigenvalue weighted by Crippen LogP contribution is 2.37. The van der Waals surface area contributed by atoms with Crippen molar-refractivity contribution in [3.05, 3.63) is 27.7 Å². The van der Waals surface area contributed by atoms with Gasteiger partial charge in [-0.05, 0) is 49.1 Å². The van der Waals surface area contributed by atoms with Gasteiger partial charge in [-0.1, -0.05) is 22.4 Å². The molecule has 2 atom stereocenters. The Morgan fingerprint density at radius 3 is 2.95 bits per heavy atom. The molecule has 1 fully saturated rings. The van der Waals surface area contributed by atoms with Gasteiger partial charge in [-0.15, -0.1) is 0 Å². The van der Waals surface area contributed by atoms with Crippen LogP contribution in [0.2, 0.25) is 0 Å². The lowest BCUT2D eigenvalue weighted by molar-refractivity contribution is -0.116. The van der Waals surface area contributed by atoms with E-state index < -0.39 is 6.10 Å². The fourth-order valence-corrected chi connectivity index (χ4v) is 3.97. The normalized spacial score (nSPS) is 23.0. The molecule has 5 heteroatoms. The van der Waals surface area contributed by atoms with Crippen molar-refractivity contribution in [3.8, 4) is 0 Å². The van der Waals surface area contributed by atoms with Crippen LogP contribution in [0.25, 0.3) is 0 Å². The highest BCUT2D eigenvalue weighted by molar-refractivity contribution is 9.10. The summed E-state index contributed by atoms with van der Waals surface area (Å²) in [4.78, 5) is 13.5. The quantitative estimate of drug-likeness (QED) is 0.859. The van der Waals surface area contributed by atoms with Crippen LogP contribution in [0.3, 0.4) is 0 Å². The van der Waals surface area contributed by atoms with Crippen LogP contribution < -0.4 is 10.2 Å². The number of carbonyl (C=O) groups excluding carboxylic acids is 1. The van der Waals surface area contributed by atoms with E-state index in [0.29, 0.717) is 0 Å². The molecule has 2 aliphatic heterocycles. The summed E-state index contributed by atoms with van der Waals surface area (Å²) in [6.45, 7) is 3.29. The second kappa shape index (κ2) is 6.07. The Balaban J connectivity index is 1.92. The number of hydrogen-bond donors (Lipinski definition) is 2. The van der Waals surface area contributed by atoms with Crippen molar-refractivity contribution in [1.82, 2.24) is 5.32 Å². The number of aliphatic hydroxyl groups excluding tert-OH is 1. The Morgan fingerprint density at radius 1 is 1.48 bits per heavy atom. The third-order valence-electron chi connectivity index (χ3n) is 4.52. The average Bonchev–Trinajstić information content (AvgIpc) is 2.89. The highest BCUT2D eigenvalue weighted by atomic mass is 79.9. The minimum Gasteiger partial charge on any atom is -0.387 e. The maximum atomic E-state index is 11.7. The van der Waals surface area contributed by atoms with Gasteiger partial charge in [0.2, 0.25) is 5.91 Å². The number of benzene rings is 1. The van der Waals surface area contributed by atoms with Gasteiger partial charge in [0.1, 0.15) is 0 Å². The number of carbonyl (C=O) groups is 1. The van der Waals surface area contributed by atoms with Gasteiger partial charge >= 0.3 is 0 Å². The van der Waals surface area contributed by atoms with E-state index in [1.807, 2.05) is 6.07 Å². The van der Waals surface area contributed by atoms with E-state index >= 15 is 0 Å². The molecule has 2 aliphatic rings. The number of rotatable bonds is 2. The van der Waals surface area contributed by atoms with Crippen molar-refractivity contribution in [2.45, 2.75) is 44.8 Å². The van der Waals surface area contributed by atoms with Gasteiger partial charge in [0.15, 0.2) is 0 Å². The average molecular weight is 353 g/mol. The predicted octanol–water partition coefficient (Wildman–Crippen LogP) is 2.53. The number of nitrogens with zero attached hydrogens (tertiary/aromatic N) is 1. The fraction of sp³-hybridized carbons (Fsp3) is 0.562. The van der Waals surface area contributed by atoms with Crippen LogP contribution in [0.15, 0.2) is 16.6 Å². The minimum atomic E-state index is -0.542. The van der Waals surface area contributed by atoms with Crippen LogP contribution in [0.5, 0.6) is 0 Å². The van der Waals surface area contributed by atoms with E-state index in [0.717, 1.165) is 48.1 Å². The summed E-state index contributed by atoms with van der Waals surface area (Å²) in [5, 5.41) is 14.1. The summed E-state index contributed by atoms with van der Waals surface area (Å²) in [6.07, 6.45) is 3.65. The number of fused-ring (bicyclic) bond motifs is 1. The maximum absolute atomic E-state index is 11.7. The van der Waals surface area contributed by atoms with E-state index in [1.165, 1.54) is 12.0 Å². The van der Waals surface area contributed by atoms with Crippen molar-refractivity contribution < 1.29 is 9.90 Å². The topological polar surface area (TPSA) is 52.6 Å². The van der Waals surface area contributed by atoms with Crippen molar-refractivity contribution >= 4 is 27.5 Å². The highest BCUT2D eigenvalue weighted by Gasteiger charge is 2.28. The lowest BCUT2D eigenvalue weighted by Gasteiger charge is -2.29. The number of amides is 1. The van der Waals surface area contributed by atoms with Gasteiger partial charge in [-0.25, -0.2) is 0 Å². The van der Waals surface area contributed by atoms with Gasteiger partial charge in [-0.3, -0.25) is 4.79 Å². The number of aliphatic hydroxyl groups is 1. The molecular weight excluding hydrogens is 332 g/mol. The third kappa shape index (κ3) is 2.87. The summed E-state index contributed by atoms with van der Waals surface area (Å²) in [5.74, 6) is 0.0623. The van der Waals surface area contributed by atoms with Crippen molar-refractivity contribution in [3.63, 3.8) is 0 Å². The van der Waals surface area contributed by atoms with Crippen molar-refractivity contribution in [2.75, 3.05) is 18.0 Å². The largest absolute Gasteiger partial charge is 0.387 e. The Morgan fingerprint density at radius 2 is 2.29 bits per heavy atom. The van der Waals surface area contributed by atoms with Gasteiger partial charge in [0.05, 0.1) is 6.10 Å². The number of anilines is 1. The van der Waals surface area contributed by atoms with Crippen LogP contribution in [-0.2, 0) is 11.2 Å². The standard InChI is InChI=1S/C16H21BrN2O2/c1-10(20)19-7-5-11-8-13(17)12(9-15(11)19)16(21)14-4-2-3-6-18-14/h8-9,14,16,18,21H,2-7H2,1H3. The molecular formula is C16H21BrN2O2. The first-order chi connectivity index (χ1) is 10.1. The van der Waals surface area contributed by atoms with Gasteiger partial charge in [0, 0.05) is 29.7 Å². The zero-order valence-corrected chi connectivity index (χ0v) is 13.8. The van der Waals surface area contributed by atoms with Gasteiger partial charge in [-0.2, -0.15) is 0 Å². The Kier molecular flexibility index (Phi) is 4.33. The first kappa shape index (κ1) is 15.0. The number of piperidine rings is 1. The second-order valence-electron chi connectivity index (χ2n) is 5.92. The molecule has 4 nitrogen and oxygen atoms in total. The number of hydrogen-bond acceptors (Lipinski definition) is 3. The summed E-state index contributed by atoms with van der Waals surface area (Å²) >= 11 is 3.58. The molecule has 0 radical (unpaired) electrons. The SMILES string of the molecule is CC(=O)N1CCc2cc(Br)c(C(O)C3CCCCN3)cc21. The lowest BCUT2D eigenvalue weighted by atomic mass is 9.94. The van der Waals surface area contributed by atoms with Crippen molar-refractivity contribution in [2.24, 2.45) is 0 Å². The molecule has 1 aromatic carbocycles. The number of halogens is 1. The molecule has 21 heavy (non-hydrogen) atoms. The summed E-state index contributed by atoms with van der Waals surface area (Å²) < 4.78 is 0.937. The molecule has 114 valence electrons. The molecule has 0 spiro atoms. The van der Waals surface area contributed by atoms with E-state index in [2.05, 4.69) is 27.3 Å². The summed E-state index contributed by atoms with van der Waals surface area (Å²) in [5.41, 5.74) is 3.00. The zero-order valence-electron chi connectivity index (χ0n) is 12.2. The minimum absolute atomic E-state index is 0.0623. The summed E-state index contributed by atoms with van der Waals surface area (Å²) in [7, 11) is 0. The number of nitrogens with one attached hydrogen (secondary N) is 1. The van der Waals surface area contributed by atoms with E-state index in [1.54, 1.807) is 11.8 Å². The first-order valence-electron chi connectivity index (χ1n) is 7.60. The summed E-state index contributed by atoms with van der Waals surface area (Å²) in [6, 6.07) is 4.13. The molecule has 1 amide bonds. The third-order valence-corrected chi connectivity index (χ3v) is 5.21. The van der Waals surface area contributed by atoms with E-state index in [9.17, 15) is 9.90 Å². The maximum Gasteiger partial charge on any atom is 0.223 e. The van der Waals surface area contributed by atoms with Crippen LogP contribution in [0, 0.1) is 0 Å². The van der Waals surface area contributed by atoms with Crippen LogP contribution in [0.1, 0.15) is 43.4 Å². The van der Waals surface area contributed by atoms with Gasteiger partial charge < -0.3 is 15.3 Å². The van der Waals surface area contributed by atoms with E-state index in [4.69, 9.17) is 0 Å². The monoisotopic (exact) mass is 352 g/mol. The predicted molar refractivity (Wildman–Crippen MR) is 86.5 cm³/mol. The molecule has 2 heterocycles. The van der Waals surface area contributed by atoms with Crippen LogP contribution in [-0.4, -0.2) is 30.1 Å². The molecule has 3 rings (SSSR count). The van der Waals surface area contributed by atoms with E-state index in [-0.39, 0.29) is 11.9 Å². The van der Waals surface area contributed by atoms with Crippen molar-refractivity contribution in [1.29, 1.82) is 0 Å². The second-order valence-corrected chi connectivity index (χ2v) is 6.78.